The highest BCUT2D eigenvalue weighted by Crippen LogP contribution is 2.37. The van der Waals surface area contributed by atoms with Crippen LogP contribution >= 0.6 is 11.8 Å². The average molecular weight is 289 g/mol. The smallest absolute Gasteiger partial charge is 0.133 e. The lowest BCUT2D eigenvalue weighted by atomic mass is 10.1. The van der Waals surface area contributed by atoms with Crippen LogP contribution < -0.4 is 10.5 Å². The Morgan fingerprint density at radius 1 is 1.50 bits per heavy atom. The van der Waals surface area contributed by atoms with Crippen LogP contribution in [0.5, 0.6) is 5.75 Å². The SMILES string of the molecule is CCCn1ccnc1C(N)C1CSc2ccccc2O1. The summed E-state index contributed by atoms with van der Waals surface area (Å²) in [5, 5.41) is 0. The van der Waals surface area contributed by atoms with E-state index in [-0.39, 0.29) is 12.1 Å². The van der Waals surface area contributed by atoms with Crippen molar-refractivity contribution < 1.29 is 4.74 Å². The van der Waals surface area contributed by atoms with E-state index in [9.17, 15) is 0 Å². The Morgan fingerprint density at radius 3 is 3.20 bits per heavy atom. The second kappa shape index (κ2) is 5.89. The zero-order chi connectivity index (χ0) is 13.9. The maximum atomic E-state index is 6.38. The van der Waals surface area contributed by atoms with Crippen molar-refractivity contribution in [3.05, 3.63) is 42.5 Å². The molecule has 2 unspecified atom stereocenters. The first-order valence-electron chi connectivity index (χ1n) is 6.94. The Labute approximate surface area is 123 Å². The number of nitrogens with two attached hydrogens (primary N) is 1. The lowest BCUT2D eigenvalue weighted by Crippen LogP contribution is -2.37. The maximum absolute atomic E-state index is 6.38. The minimum Gasteiger partial charge on any atom is -0.486 e. The molecule has 0 saturated heterocycles. The van der Waals surface area contributed by atoms with Gasteiger partial charge in [0, 0.05) is 29.6 Å². The van der Waals surface area contributed by atoms with E-state index in [1.165, 1.54) is 4.90 Å². The molecule has 2 aromatic rings. The molecule has 20 heavy (non-hydrogen) atoms. The number of hydrogen-bond donors (Lipinski definition) is 1. The normalized spacial score (nSPS) is 19.2. The summed E-state index contributed by atoms with van der Waals surface area (Å²) in [6, 6.07) is 7.91. The third-order valence-electron chi connectivity index (χ3n) is 3.44. The van der Waals surface area contributed by atoms with Gasteiger partial charge in [0.1, 0.15) is 23.7 Å². The number of aromatic nitrogens is 2. The number of rotatable bonds is 4. The first kappa shape index (κ1) is 13.5. The van der Waals surface area contributed by atoms with Crippen LogP contribution in [-0.2, 0) is 6.54 Å². The van der Waals surface area contributed by atoms with E-state index in [0.717, 1.165) is 30.3 Å². The van der Waals surface area contributed by atoms with Crippen molar-refractivity contribution in [2.75, 3.05) is 5.75 Å². The average Bonchev–Trinajstić information content (AvgIpc) is 2.94. The fourth-order valence-corrected chi connectivity index (χ4v) is 3.48. The van der Waals surface area contributed by atoms with Gasteiger partial charge >= 0.3 is 0 Å². The number of imidazole rings is 1. The van der Waals surface area contributed by atoms with Crippen LogP contribution in [0.25, 0.3) is 0 Å². The number of hydrogen-bond acceptors (Lipinski definition) is 4. The molecule has 0 radical (unpaired) electrons. The Kier molecular flexibility index (Phi) is 3.98. The summed E-state index contributed by atoms with van der Waals surface area (Å²) in [7, 11) is 0. The van der Waals surface area contributed by atoms with Crippen LogP contribution in [0.1, 0.15) is 25.2 Å². The molecule has 1 aliphatic rings. The van der Waals surface area contributed by atoms with E-state index in [4.69, 9.17) is 10.5 Å². The van der Waals surface area contributed by atoms with E-state index in [1.54, 1.807) is 11.8 Å². The van der Waals surface area contributed by atoms with Gasteiger partial charge in [-0.15, -0.1) is 11.8 Å². The van der Waals surface area contributed by atoms with Crippen LogP contribution in [0.3, 0.4) is 0 Å². The summed E-state index contributed by atoms with van der Waals surface area (Å²) in [5.74, 6) is 2.70. The molecule has 0 fully saturated rings. The molecule has 2 N–H and O–H groups in total. The second-order valence-electron chi connectivity index (χ2n) is 4.92. The Morgan fingerprint density at radius 2 is 2.35 bits per heavy atom. The van der Waals surface area contributed by atoms with E-state index in [1.807, 2.05) is 30.6 Å². The lowest BCUT2D eigenvalue weighted by molar-refractivity contribution is 0.179. The predicted octanol–water partition coefficient (Wildman–Crippen LogP) is 2.85. The number of thioether (sulfide) groups is 1. The summed E-state index contributed by atoms with van der Waals surface area (Å²) in [5.41, 5.74) is 6.38. The first-order valence-corrected chi connectivity index (χ1v) is 7.93. The standard InChI is InChI=1S/C15H19N3OS/c1-2-8-18-9-7-17-15(18)14(16)12-10-20-13-6-4-3-5-11(13)19-12/h3-7,9,12,14H,2,8,10,16H2,1H3. The fraction of sp³-hybridized carbons (Fsp3) is 0.400. The van der Waals surface area contributed by atoms with Crippen molar-refractivity contribution in [1.29, 1.82) is 0 Å². The summed E-state index contributed by atoms with van der Waals surface area (Å²) in [4.78, 5) is 5.60. The highest BCUT2D eigenvalue weighted by molar-refractivity contribution is 7.99. The van der Waals surface area contributed by atoms with Gasteiger partial charge in [0.25, 0.3) is 0 Å². The lowest BCUT2D eigenvalue weighted by Gasteiger charge is -2.29. The number of fused-ring (bicyclic) bond motifs is 1. The molecule has 4 nitrogen and oxygen atoms in total. The van der Waals surface area contributed by atoms with Gasteiger partial charge in [-0.2, -0.15) is 0 Å². The van der Waals surface area contributed by atoms with Crippen molar-refractivity contribution >= 4 is 11.8 Å². The summed E-state index contributed by atoms with van der Waals surface area (Å²) in [6.07, 6.45) is 4.84. The summed E-state index contributed by atoms with van der Waals surface area (Å²) in [6.45, 7) is 3.10. The topological polar surface area (TPSA) is 53.1 Å². The van der Waals surface area contributed by atoms with Crippen LogP contribution in [0.4, 0.5) is 0 Å². The molecule has 2 heterocycles. The molecule has 5 heteroatoms. The molecule has 0 saturated carbocycles. The van der Waals surface area contributed by atoms with Gasteiger partial charge in [0.15, 0.2) is 0 Å². The van der Waals surface area contributed by atoms with Gasteiger partial charge in [-0.1, -0.05) is 19.1 Å². The third kappa shape index (κ3) is 2.55. The highest BCUT2D eigenvalue weighted by atomic mass is 32.2. The second-order valence-corrected chi connectivity index (χ2v) is 5.98. The van der Waals surface area contributed by atoms with Crippen LogP contribution in [-0.4, -0.2) is 21.4 Å². The van der Waals surface area contributed by atoms with Gasteiger partial charge < -0.3 is 15.0 Å². The molecule has 0 spiro atoms. The molecule has 0 bridgehead atoms. The number of ether oxygens (including phenoxy) is 1. The molecule has 0 aliphatic carbocycles. The number of para-hydroxylation sites is 1. The van der Waals surface area contributed by atoms with E-state index in [0.29, 0.717) is 0 Å². The Hall–Kier alpha value is -1.46. The highest BCUT2D eigenvalue weighted by Gasteiger charge is 2.29. The number of benzene rings is 1. The molecular formula is C15H19N3OS. The minimum absolute atomic E-state index is 0.0343. The number of nitrogens with zero attached hydrogens (tertiary/aromatic N) is 2. The summed E-state index contributed by atoms with van der Waals surface area (Å²) >= 11 is 1.80. The molecule has 1 aromatic heterocycles. The van der Waals surface area contributed by atoms with Crippen molar-refractivity contribution in [3.8, 4) is 5.75 Å². The largest absolute Gasteiger partial charge is 0.486 e. The van der Waals surface area contributed by atoms with Crippen molar-refractivity contribution in [1.82, 2.24) is 9.55 Å². The minimum atomic E-state index is -0.197. The van der Waals surface area contributed by atoms with Gasteiger partial charge in [0.05, 0.1) is 0 Å². The van der Waals surface area contributed by atoms with Crippen molar-refractivity contribution in [2.24, 2.45) is 5.73 Å². The quantitative estimate of drug-likeness (QED) is 0.940. The van der Waals surface area contributed by atoms with Gasteiger partial charge in [-0.3, -0.25) is 0 Å². The predicted molar refractivity (Wildman–Crippen MR) is 81.0 cm³/mol. The summed E-state index contributed by atoms with van der Waals surface area (Å²) < 4.78 is 8.18. The Bertz CT molecular complexity index is 584. The van der Waals surface area contributed by atoms with E-state index < -0.39 is 0 Å². The molecule has 0 amide bonds. The fourth-order valence-electron chi connectivity index (χ4n) is 2.43. The third-order valence-corrected chi connectivity index (χ3v) is 4.58. The molecule has 106 valence electrons. The first-order chi connectivity index (χ1) is 9.79. The van der Waals surface area contributed by atoms with Gasteiger partial charge in [-0.25, -0.2) is 4.98 Å². The zero-order valence-corrected chi connectivity index (χ0v) is 12.3. The molecule has 1 aromatic carbocycles. The van der Waals surface area contributed by atoms with Gasteiger partial charge in [0.2, 0.25) is 0 Å². The maximum Gasteiger partial charge on any atom is 0.133 e. The van der Waals surface area contributed by atoms with E-state index in [2.05, 4.69) is 22.5 Å². The van der Waals surface area contributed by atoms with Crippen molar-refractivity contribution in [3.63, 3.8) is 0 Å². The number of aryl methyl sites for hydroxylation is 1. The molecular weight excluding hydrogens is 270 g/mol. The van der Waals surface area contributed by atoms with Crippen LogP contribution in [0.15, 0.2) is 41.6 Å². The van der Waals surface area contributed by atoms with Gasteiger partial charge in [-0.05, 0) is 18.6 Å². The Balaban J connectivity index is 1.78. The van der Waals surface area contributed by atoms with Crippen LogP contribution in [0.2, 0.25) is 0 Å². The molecule has 1 aliphatic heterocycles. The monoisotopic (exact) mass is 289 g/mol. The molecule has 3 rings (SSSR count). The molecule has 2 atom stereocenters. The van der Waals surface area contributed by atoms with Crippen LogP contribution in [0, 0.1) is 0 Å². The van der Waals surface area contributed by atoms with E-state index >= 15 is 0 Å². The van der Waals surface area contributed by atoms with Crippen molar-refractivity contribution in [2.45, 2.75) is 36.9 Å². The zero-order valence-electron chi connectivity index (χ0n) is 11.5.